The van der Waals surface area contributed by atoms with Crippen molar-refractivity contribution >= 4 is 47.8 Å². The van der Waals surface area contributed by atoms with Crippen molar-refractivity contribution < 1.29 is 42.3 Å². The van der Waals surface area contributed by atoms with Crippen LogP contribution in [0, 0.1) is 0 Å². The molecule has 4 aromatic rings. The zero-order chi connectivity index (χ0) is 35.8. The molecule has 12 nitrogen and oxygen atoms in total. The number of rotatable bonds is 8. The minimum Gasteiger partial charge on any atom is -0.351 e. The maximum Gasteiger partial charge on any atom is 0.399 e. The Bertz CT molecular complexity index is 1970. The van der Waals surface area contributed by atoms with Crippen molar-refractivity contribution in [2.45, 2.75) is 49.5 Å². The molecule has 0 spiro atoms. The molecule has 2 aliphatic heterocycles. The second-order valence-corrected chi connectivity index (χ2v) is 14.3. The third kappa shape index (κ3) is 6.91. The van der Waals surface area contributed by atoms with Crippen molar-refractivity contribution in [3.05, 3.63) is 102 Å². The number of carbonyl (C=O) groups excluding carboxylic acids is 4. The van der Waals surface area contributed by atoms with Gasteiger partial charge in [-0.15, -0.1) is 0 Å². The van der Waals surface area contributed by atoms with Gasteiger partial charge in [-0.25, -0.2) is 0 Å². The Morgan fingerprint density at radius 2 is 1.66 bits per heavy atom. The Kier molecular flexibility index (Phi) is 9.62. The number of hydrogen-bond donors (Lipinski definition) is 4. The third-order valence-corrected chi connectivity index (χ3v) is 10.4. The van der Waals surface area contributed by atoms with Gasteiger partial charge in [0.25, 0.3) is 5.91 Å². The van der Waals surface area contributed by atoms with E-state index in [0.29, 0.717) is 24.9 Å². The average molecular weight is 708 g/mol. The lowest BCUT2D eigenvalue weighted by Gasteiger charge is -2.39. The van der Waals surface area contributed by atoms with Crippen LogP contribution >= 0.6 is 7.60 Å². The van der Waals surface area contributed by atoms with Crippen LogP contribution in [0.1, 0.15) is 40.9 Å². The van der Waals surface area contributed by atoms with Crippen LogP contribution < -0.4 is 10.2 Å². The molecule has 3 aromatic carbocycles. The zero-order valence-electron chi connectivity index (χ0n) is 27.0. The molecular formula is C35H36F2N5O7P. The van der Waals surface area contributed by atoms with Gasteiger partial charge in [-0.3, -0.25) is 23.7 Å². The number of nitrogens with zero attached hydrogens (tertiary/aromatic N) is 3. The minimum absolute atomic E-state index is 0.0800. The van der Waals surface area contributed by atoms with Crippen LogP contribution in [0.5, 0.6) is 0 Å². The van der Waals surface area contributed by atoms with Crippen molar-refractivity contribution in [1.82, 2.24) is 20.1 Å². The summed E-state index contributed by atoms with van der Waals surface area (Å²) in [6.45, 7) is 0.110. The Morgan fingerprint density at radius 3 is 2.34 bits per heavy atom. The highest BCUT2D eigenvalue weighted by atomic mass is 31.2. The topological polar surface area (TPSA) is 163 Å². The van der Waals surface area contributed by atoms with Crippen LogP contribution in [-0.4, -0.2) is 86.5 Å². The van der Waals surface area contributed by atoms with Crippen molar-refractivity contribution in [3.8, 4) is 0 Å². The highest BCUT2D eigenvalue weighted by Crippen LogP contribution is 2.59. The molecule has 1 aromatic heterocycles. The van der Waals surface area contributed by atoms with E-state index >= 15 is 0 Å². The highest BCUT2D eigenvalue weighted by Gasteiger charge is 2.50. The van der Waals surface area contributed by atoms with Crippen LogP contribution in [-0.2, 0) is 31.0 Å². The molecule has 3 heterocycles. The summed E-state index contributed by atoms with van der Waals surface area (Å²) in [6.07, 6.45) is 1.44. The van der Waals surface area contributed by atoms with Gasteiger partial charge in [-0.05, 0) is 55.2 Å². The molecule has 262 valence electrons. The van der Waals surface area contributed by atoms with Gasteiger partial charge in [0, 0.05) is 48.3 Å². The van der Waals surface area contributed by atoms with E-state index in [1.165, 1.54) is 21.9 Å². The number of halogens is 2. The first-order valence-electron chi connectivity index (χ1n) is 16.1. The molecule has 50 heavy (non-hydrogen) atoms. The Balaban J connectivity index is 1.29. The zero-order valence-corrected chi connectivity index (χ0v) is 27.9. The molecule has 2 aliphatic rings. The molecule has 3 atom stereocenters. The Morgan fingerprint density at radius 1 is 0.980 bits per heavy atom. The van der Waals surface area contributed by atoms with Gasteiger partial charge >= 0.3 is 13.3 Å². The van der Waals surface area contributed by atoms with E-state index in [9.17, 15) is 32.5 Å². The number of likely N-dealkylation sites (N-methyl/N-ethyl adjacent to an activating group) is 1. The Labute approximate surface area is 286 Å². The lowest BCUT2D eigenvalue weighted by molar-refractivity contribution is -0.144. The first kappa shape index (κ1) is 34.9. The van der Waals surface area contributed by atoms with Gasteiger partial charge in [0.2, 0.25) is 17.7 Å². The molecule has 0 radical (unpaired) electrons. The first-order chi connectivity index (χ1) is 23.7. The minimum atomic E-state index is -5.83. The van der Waals surface area contributed by atoms with Gasteiger partial charge in [0.1, 0.15) is 17.8 Å². The van der Waals surface area contributed by atoms with E-state index in [2.05, 4.69) is 10.3 Å². The van der Waals surface area contributed by atoms with E-state index in [4.69, 9.17) is 9.79 Å². The molecule has 0 bridgehead atoms. The fraction of sp³-hybridized carbons (Fsp3) is 0.314. The fourth-order valence-corrected chi connectivity index (χ4v) is 7.16. The fourth-order valence-electron chi connectivity index (χ4n) is 6.68. The Hall–Kier alpha value is -4.91. The number of carbonyl (C=O) groups is 4. The van der Waals surface area contributed by atoms with E-state index in [0.717, 1.165) is 17.7 Å². The number of aromatic amines is 1. The summed E-state index contributed by atoms with van der Waals surface area (Å²) in [4.78, 5) is 81.1. The maximum atomic E-state index is 14.4. The van der Waals surface area contributed by atoms with Crippen molar-refractivity contribution in [3.63, 3.8) is 0 Å². The number of amides is 4. The summed E-state index contributed by atoms with van der Waals surface area (Å²) in [6, 6.07) is 19.8. The molecular weight excluding hydrogens is 671 g/mol. The number of para-hydroxylation sites is 1. The molecule has 0 aliphatic carbocycles. The van der Waals surface area contributed by atoms with Crippen molar-refractivity contribution in [2.24, 2.45) is 0 Å². The van der Waals surface area contributed by atoms with Crippen LogP contribution in [0.2, 0.25) is 0 Å². The SMILES string of the molecule is CN(C(=O)[C@@H]1CC[C@@H]2CCN(C(=O)Cc3ccccc3)C[C@H](NC(=O)c3cc4cc(C(F)(F)P(=O)(O)O)ccc4[nH]3)C(=O)N21)c1ccccc1. The van der Waals surface area contributed by atoms with Crippen molar-refractivity contribution in [1.29, 1.82) is 0 Å². The van der Waals surface area contributed by atoms with Crippen molar-refractivity contribution in [2.75, 3.05) is 25.0 Å². The normalized spacial score (nSPS) is 19.9. The number of H-pyrrole nitrogens is 1. The summed E-state index contributed by atoms with van der Waals surface area (Å²) in [5.74, 6) is -1.83. The quantitative estimate of drug-likeness (QED) is 0.201. The number of alkyl halides is 2. The first-order valence-corrected chi connectivity index (χ1v) is 17.7. The number of nitrogens with one attached hydrogen (secondary N) is 2. The standard InChI is InChI=1S/C35H36F2N5O7P/c1-40(25-10-6-3-7-11-25)34(46)30-15-13-26-16-17-41(31(43)18-22-8-4-2-5-9-22)21-29(33(45)42(26)30)39-32(44)28-20-23-19-24(12-14-27(23)38-28)35(36,37)50(47,48)49/h2-12,14,19-20,26,29-30,38H,13,15-18,21H2,1H3,(H,39,44)(H2,47,48,49)/t26-,29+,30+/m1/s1. The highest BCUT2D eigenvalue weighted by molar-refractivity contribution is 7.52. The lowest BCUT2D eigenvalue weighted by atomic mass is 10.1. The molecule has 2 fully saturated rings. The maximum absolute atomic E-state index is 14.4. The third-order valence-electron chi connectivity index (χ3n) is 9.38. The summed E-state index contributed by atoms with van der Waals surface area (Å²) in [7, 11) is -4.19. The van der Waals surface area contributed by atoms with E-state index in [1.807, 2.05) is 36.4 Å². The van der Waals surface area contributed by atoms with E-state index in [1.54, 1.807) is 36.2 Å². The number of anilines is 1. The summed E-state index contributed by atoms with van der Waals surface area (Å²) in [5, 5.41) is 2.79. The van der Waals surface area contributed by atoms with Gasteiger partial charge in [0.15, 0.2) is 0 Å². The average Bonchev–Trinajstić information content (AvgIpc) is 3.72. The second-order valence-electron chi connectivity index (χ2n) is 12.6. The number of hydrogen-bond acceptors (Lipinski definition) is 5. The lowest BCUT2D eigenvalue weighted by Crippen LogP contribution is -2.61. The summed E-state index contributed by atoms with van der Waals surface area (Å²) in [5.41, 5.74) is -3.81. The number of benzene rings is 3. The smallest absolute Gasteiger partial charge is 0.351 e. The second kappa shape index (κ2) is 13.8. The van der Waals surface area contributed by atoms with Crippen LogP contribution in [0.3, 0.4) is 0 Å². The van der Waals surface area contributed by atoms with Gasteiger partial charge in [-0.2, -0.15) is 8.78 Å². The van der Waals surface area contributed by atoms with Crippen LogP contribution in [0.15, 0.2) is 84.9 Å². The van der Waals surface area contributed by atoms with Gasteiger partial charge in [-0.1, -0.05) is 54.6 Å². The monoisotopic (exact) mass is 707 g/mol. The molecule has 2 saturated heterocycles. The number of fused-ring (bicyclic) bond motifs is 2. The predicted molar refractivity (Wildman–Crippen MR) is 180 cm³/mol. The van der Waals surface area contributed by atoms with E-state index in [-0.39, 0.29) is 54.0 Å². The largest absolute Gasteiger partial charge is 0.399 e. The molecule has 0 saturated carbocycles. The van der Waals surface area contributed by atoms with Crippen LogP contribution in [0.4, 0.5) is 14.5 Å². The summed E-state index contributed by atoms with van der Waals surface area (Å²) < 4.78 is 40.2. The van der Waals surface area contributed by atoms with Crippen LogP contribution in [0.25, 0.3) is 10.9 Å². The molecule has 6 rings (SSSR count). The number of aromatic nitrogens is 1. The molecule has 4 N–H and O–H groups in total. The van der Waals surface area contributed by atoms with E-state index < -0.39 is 42.7 Å². The predicted octanol–water partition coefficient (Wildman–Crippen LogP) is 3.99. The molecule has 0 unspecified atom stereocenters. The molecule has 15 heteroatoms. The summed E-state index contributed by atoms with van der Waals surface area (Å²) >= 11 is 0. The van der Waals surface area contributed by atoms with Gasteiger partial charge < -0.3 is 34.8 Å². The molecule has 4 amide bonds. The van der Waals surface area contributed by atoms with Gasteiger partial charge in [0.05, 0.1) is 6.42 Å².